The molecule has 0 fully saturated rings. The van der Waals surface area contributed by atoms with Gasteiger partial charge < -0.3 is 15.3 Å². The molecule has 0 aromatic rings. The zero-order valence-electron chi connectivity index (χ0n) is 19.1. The van der Waals surface area contributed by atoms with E-state index in [4.69, 9.17) is 5.11 Å². The van der Waals surface area contributed by atoms with E-state index in [0.29, 0.717) is 52.4 Å². The molecular formula is C20H38N4O7. The number of carboxylic acid groups (broad SMARTS) is 3. The SMILES string of the molecule is CCN(CCN(CCN(CCN(C)CC(=O)C(C)C)CC(=O)O)CC(=O)O)CC(=O)O. The minimum Gasteiger partial charge on any atom is -0.480 e. The Hall–Kier alpha value is -2.08. The Balaban J connectivity index is 4.81. The Morgan fingerprint density at radius 1 is 0.645 bits per heavy atom. The lowest BCUT2D eigenvalue weighted by atomic mass is 10.1. The van der Waals surface area contributed by atoms with Crippen LogP contribution in [0.15, 0.2) is 0 Å². The fourth-order valence-electron chi connectivity index (χ4n) is 2.87. The van der Waals surface area contributed by atoms with Gasteiger partial charge in [0.1, 0.15) is 5.78 Å². The standard InChI is InChI=1S/C20H38N4O7/c1-5-22(13-18(26)27)8-9-24(15-20(30)31)11-10-23(14-19(28)29)7-6-21(4)12-17(25)16(2)3/h16H,5-15H2,1-4H3,(H,26,27)(H,28,29)(H,30,31). The van der Waals surface area contributed by atoms with Crippen LogP contribution in [0.25, 0.3) is 0 Å². The van der Waals surface area contributed by atoms with Gasteiger partial charge in [0, 0.05) is 45.2 Å². The molecule has 0 unspecified atom stereocenters. The fourth-order valence-corrected chi connectivity index (χ4v) is 2.87. The van der Waals surface area contributed by atoms with Gasteiger partial charge in [-0.2, -0.15) is 0 Å². The van der Waals surface area contributed by atoms with Gasteiger partial charge in [0.2, 0.25) is 0 Å². The van der Waals surface area contributed by atoms with E-state index in [1.54, 1.807) is 21.7 Å². The number of carbonyl (C=O) groups excluding carboxylic acids is 1. The third kappa shape index (κ3) is 15.4. The van der Waals surface area contributed by atoms with Gasteiger partial charge in [-0.05, 0) is 13.6 Å². The topological polar surface area (TPSA) is 142 Å². The van der Waals surface area contributed by atoms with Crippen molar-refractivity contribution in [3.05, 3.63) is 0 Å². The number of carboxylic acids is 3. The van der Waals surface area contributed by atoms with E-state index in [2.05, 4.69) is 0 Å². The summed E-state index contributed by atoms with van der Waals surface area (Å²) in [6.07, 6.45) is 0. The lowest BCUT2D eigenvalue weighted by Crippen LogP contribution is -2.45. The maximum absolute atomic E-state index is 11.9. The highest BCUT2D eigenvalue weighted by Gasteiger charge is 2.17. The smallest absolute Gasteiger partial charge is 0.317 e. The molecule has 0 aliphatic carbocycles. The van der Waals surface area contributed by atoms with Crippen LogP contribution < -0.4 is 0 Å². The van der Waals surface area contributed by atoms with E-state index >= 15 is 0 Å². The predicted octanol–water partition coefficient (Wildman–Crippen LogP) is -0.677. The Kier molecular flexibility index (Phi) is 14.6. The second-order valence-corrected chi connectivity index (χ2v) is 7.96. The van der Waals surface area contributed by atoms with Crippen LogP contribution in [0, 0.1) is 5.92 Å². The molecule has 0 radical (unpaired) electrons. The molecule has 0 aliphatic rings. The van der Waals surface area contributed by atoms with Crippen molar-refractivity contribution in [3.8, 4) is 0 Å². The van der Waals surface area contributed by atoms with E-state index in [1.807, 2.05) is 25.7 Å². The highest BCUT2D eigenvalue weighted by molar-refractivity contribution is 5.82. The number of hydrogen-bond donors (Lipinski definition) is 3. The largest absolute Gasteiger partial charge is 0.480 e. The molecule has 0 bridgehead atoms. The number of nitrogens with zero attached hydrogens (tertiary/aromatic N) is 4. The molecule has 11 nitrogen and oxygen atoms in total. The van der Waals surface area contributed by atoms with Gasteiger partial charge in [-0.3, -0.25) is 38.8 Å². The summed E-state index contributed by atoms with van der Waals surface area (Å²) in [6, 6.07) is 0. The number of carbonyl (C=O) groups is 4. The van der Waals surface area contributed by atoms with Gasteiger partial charge >= 0.3 is 17.9 Å². The zero-order chi connectivity index (χ0) is 24.0. The summed E-state index contributed by atoms with van der Waals surface area (Å²) < 4.78 is 0. The fraction of sp³-hybridized carbons (Fsp3) is 0.800. The molecular weight excluding hydrogens is 408 g/mol. The number of likely N-dealkylation sites (N-methyl/N-ethyl adjacent to an activating group) is 2. The molecule has 31 heavy (non-hydrogen) atoms. The van der Waals surface area contributed by atoms with Crippen LogP contribution in [0.2, 0.25) is 0 Å². The van der Waals surface area contributed by atoms with Gasteiger partial charge in [-0.15, -0.1) is 0 Å². The molecule has 0 rings (SSSR count). The Labute approximate surface area is 184 Å². The van der Waals surface area contributed by atoms with Crippen LogP contribution in [0.4, 0.5) is 0 Å². The van der Waals surface area contributed by atoms with Crippen molar-refractivity contribution in [3.63, 3.8) is 0 Å². The van der Waals surface area contributed by atoms with Crippen LogP contribution in [0.1, 0.15) is 20.8 Å². The molecule has 0 atom stereocenters. The number of Topliss-reactive ketones (excluding diaryl/α,β-unsaturated/α-hetero) is 1. The first-order valence-electron chi connectivity index (χ1n) is 10.5. The summed E-state index contributed by atoms with van der Waals surface area (Å²) in [5.41, 5.74) is 0. The van der Waals surface area contributed by atoms with Crippen molar-refractivity contribution in [2.45, 2.75) is 20.8 Å². The van der Waals surface area contributed by atoms with Crippen molar-refractivity contribution >= 4 is 23.7 Å². The van der Waals surface area contributed by atoms with Crippen LogP contribution >= 0.6 is 0 Å². The van der Waals surface area contributed by atoms with Crippen molar-refractivity contribution in [1.82, 2.24) is 19.6 Å². The van der Waals surface area contributed by atoms with Gasteiger partial charge in [-0.25, -0.2) is 0 Å². The molecule has 180 valence electrons. The third-order valence-electron chi connectivity index (χ3n) is 4.86. The second-order valence-electron chi connectivity index (χ2n) is 7.96. The second kappa shape index (κ2) is 15.7. The summed E-state index contributed by atoms with van der Waals surface area (Å²) in [5.74, 6) is -2.88. The molecule has 0 saturated heterocycles. The first kappa shape index (κ1) is 28.9. The highest BCUT2D eigenvalue weighted by Crippen LogP contribution is 1.99. The summed E-state index contributed by atoms with van der Waals surface area (Å²) in [6.45, 7) is 8.16. The quantitative estimate of drug-likeness (QED) is 0.232. The van der Waals surface area contributed by atoms with E-state index < -0.39 is 17.9 Å². The number of aliphatic carboxylic acids is 3. The van der Waals surface area contributed by atoms with Crippen LogP contribution in [0.3, 0.4) is 0 Å². The molecule has 0 aromatic carbocycles. The molecule has 11 heteroatoms. The summed E-state index contributed by atoms with van der Waals surface area (Å²) >= 11 is 0. The van der Waals surface area contributed by atoms with Gasteiger partial charge in [0.05, 0.1) is 26.2 Å². The predicted molar refractivity (Wildman–Crippen MR) is 115 cm³/mol. The normalized spacial score (nSPS) is 11.8. The van der Waals surface area contributed by atoms with Crippen molar-refractivity contribution in [1.29, 1.82) is 0 Å². The Morgan fingerprint density at radius 3 is 1.35 bits per heavy atom. The van der Waals surface area contributed by atoms with Crippen LogP contribution in [0.5, 0.6) is 0 Å². The molecule has 3 N–H and O–H groups in total. The van der Waals surface area contributed by atoms with Crippen molar-refractivity contribution < 1.29 is 34.5 Å². The average Bonchev–Trinajstić information content (AvgIpc) is 2.65. The minimum absolute atomic E-state index is 0.0639. The van der Waals surface area contributed by atoms with E-state index in [1.165, 1.54) is 0 Å². The molecule has 0 aliphatic heterocycles. The lowest BCUT2D eigenvalue weighted by Gasteiger charge is -2.28. The van der Waals surface area contributed by atoms with E-state index in [0.717, 1.165) is 0 Å². The average molecular weight is 447 g/mol. The summed E-state index contributed by atoms with van der Waals surface area (Å²) in [4.78, 5) is 52.1. The number of ketones is 1. The first-order chi connectivity index (χ1) is 14.4. The van der Waals surface area contributed by atoms with Crippen molar-refractivity contribution in [2.75, 3.05) is 79.0 Å². The maximum atomic E-state index is 11.9. The van der Waals surface area contributed by atoms with Gasteiger partial charge in [0.15, 0.2) is 0 Å². The monoisotopic (exact) mass is 446 g/mol. The first-order valence-corrected chi connectivity index (χ1v) is 10.5. The minimum atomic E-state index is -1.00. The number of hydrogen-bond acceptors (Lipinski definition) is 8. The Bertz CT molecular complexity index is 586. The van der Waals surface area contributed by atoms with Crippen LogP contribution in [-0.2, 0) is 19.2 Å². The molecule has 0 amide bonds. The molecule has 0 saturated carbocycles. The van der Waals surface area contributed by atoms with E-state index in [-0.39, 0.29) is 31.3 Å². The lowest BCUT2D eigenvalue weighted by molar-refractivity contribution is -0.140. The molecule has 0 heterocycles. The maximum Gasteiger partial charge on any atom is 0.317 e. The van der Waals surface area contributed by atoms with E-state index in [9.17, 15) is 29.4 Å². The Morgan fingerprint density at radius 2 is 1.00 bits per heavy atom. The number of rotatable bonds is 19. The highest BCUT2D eigenvalue weighted by atomic mass is 16.4. The molecule has 0 aromatic heterocycles. The zero-order valence-corrected chi connectivity index (χ0v) is 19.1. The molecule has 0 spiro atoms. The third-order valence-corrected chi connectivity index (χ3v) is 4.86. The van der Waals surface area contributed by atoms with Gasteiger partial charge in [-0.1, -0.05) is 20.8 Å². The van der Waals surface area contributed by atoms with Crippen LogP contribution in [-0.4, -0.2) is 138 Å². The van der Waals surface area contributed by atoms with Crippen molar-refractivity contribution in [2.24, 2.45) is 5.92 Å². The van der Waals surface area contributed by atoms with Gasteiger partial charge in [0.25, 0.3) is 0 Å². The summed E-state index contributed by atoms with van der Waals surface area (Å²) in [7, 11) is 1.80. The summed E-state index contributed by atoms with van der Waals surface area (Å²) in [5, 5.41) is 27.3.